The van der Waals surface area contributed by atoms with Crippen LogP contribution < -0.4 is 9.47 Å². The van der Waals surface area contributed by atoms with Gasteiger partial charge in [0.2, 0.25) is 5.79 Å². The summed E-state index contributed by atoms with van der Waals surface area (Å²) >= 11 is 0. The molecule has 3 aromatic rings. The number of hydrogen-bond donors (Lipinski definition) is 0. The summed E-state index contributed by atoms with van der Waals surface area (Å²) in [5, 5.41) is 4.13. The Morgan fingerprint density at radius 2 is 1.94 bits per heavy atom. The van der Waals surface area contributed by atoms with Gasteiger partial charge in [-0.3, -0.25) is 0 Å². The van der Waals surface area contributed by atoms with Crippen LogP contribution in [0.4, 0.5) is 0 Å². The van der Waals surface area contributed by atoms with E-state index in [1.807, 2.05) is 74.0 Å². The number of fused-ring (bicyclic) bond motifs is 1. The molecule has 0 saturated heterocycles. The third-order valence-electron chi connectivity index (χ3n) is 4.61. The van der Waals surface area contributed by atoms with Crippen molar-refractivity contribution in [1.82, 2.24) is 9.55 Å². The first-order valence-corrected chi connectivity index (χ1v) is 9.89. The Bertz CT molecular complexity index is 1130. The van der Waals surface area contributed by atoms with Crippen LogP contribution in [0.3, 0.4) is 0 Å². The molecule has 7 nitrogen and oxygen atoms in total. The molecule has 1 aliphatic rings. The monoisotopic (exact) mass is 417 g/mol. The molecule has 158 valence electrons. The van der Waals surface area contributed by atoms with Gasteiger partial charge in [-0.2, -0.15) is 0 Å². The molecule has 0 radical (unpaired) electrons. The number of rotatable bonds is 6. The van der Waals surface area contributed by atoms with E-state index < -0.39 is 11.8 Å². The molecule has 7 heteroatoms. The maximum atomic E-state index is 12.2. The molecule has 1 aromatic heterocycles. The van der Waals surface area contributed by atoms with Crippen molar-refractivity contribution in [3.05, 3.63) is 84.0 Å². The topological polar surface area (TPSA) is 74.9 Å². The molecule has 0 saturated carbocycles. The minimum Gasteiger partial charge on any atom is -0.449 e. The second-order valence-corrected chi connectivity index (χ2v) is 7.69. The lowest BCUT2D eigenvalue weighted by atomic mass is 10.1. The Hall–Kier alpha value is -3.87. The highest BCUT2D eigenvalue weighted by atomic mass is 16.7. The number of oxime groups is 1. The predicted octanol–water partition coefficient (Wildman–Crippen LogP) is 4.36. The Kier molecular flexibility index (Phi) is 5.58. The number of aryl methyl sites for hydroxylation is 1. The van der Waals surface area contributed by atoms with Gasteiger partial charge >= 0.3 is 5.97 Å². The third kappa shape index (κ3) is 5.19. The zero-order valence-electron chi connectivity index (χ0n) is 17.6. The highest BCUT2D eigenvalue weighted by Crippen LogP contribution is 2.39. The SMILES string of the molecule is Cc1ccc(/C=C/C(=O)O/N=C(\Cn2ccnc2)c2ccc3c(c2)OC(C)(C)O3)cc1. The summed E-state index contributed by atoms with van der Waals surface area (Å²) in [6, 6.07) is 13.3. The van der Waals surface area contributed by atoms with Gasteiger partial charge in [-0.1, -0.05) is 35.0 Å². The van der Waals surface area contributed by atoms with Crippen LogP contribution in [0, 0.1) is 6.92 Å². The molecule has 0 fully saturated rings. The zero-order valence-corrected chi connectivity index (χ0v) is 17.6. The van der Waals surface area contributed by atoms with E-state index in [-0.39, 0.29) is 0 Å². The Morgan fingerprint density at radius 1 is 1.16 bits per heavy atom. The average Bonchev–Trinajstić information content (AvgIpc) is 3.35. The van der Waals surface area contributed by atoms with Crippen LogP contribution in [0.5, 0.6) is 11.5 Å². The molecule has 2 aromatic carbocycles. The maximum Gasteiger partial charge on any atom is 0.358 e. The summed E-state index contributed by atoms with van der Waals surface area (Å²) in [6.07, 6.45) is 8.20. The molecule has 0 amide bonds. The summed E-state index contributed by atoms with van der Waals surface area (Å²) in [7, 11) is 0. The number of carbonyl (C=O) groups is 1. The van der Waals surface area contributed by atoms with Crippen molar-refractivity contribution in [1.29, 1.82) is 0 Å². The lowest BCUT2D eigenvalue weighted by Gasteiger charge is -2.16. The highest BCUT2D eigenvalue weighted by molar-refractivity contribution is 6.01. The van der Waals surface area contributed by atoms with Crippen LogP contribution in [0.15, 0.2) is 72.4 Å². The molecular formula is C24H23N3O4. The van der Waals surface area contributed by atoms with Crippen LogP contribution >= 0.6 is 0 Å². The second-order valence-electron chi connectivity index (χ2n) is 7.69. The van der Waals surface area contributed by atoms with Gasteiger partial charge in [-0.15, -0.1) is 0 Å². The number of aromatic nitrogens is 2. The van der Waals surface area contributed by atoms with Gasteiger partial charge in [-0.25, -0.2) is 9.78 Å². The second kappa shape index (κ2) is 8.47. The first kappa shape index (κ1) is 20.4. The molecule has 0 unspecified atom stereocenters. The van der Waals surface area contributed by atoms with Crippen molar-refractivity contribution in [2.24, 2.45) is 5.16 Å². The standard InChI is InChI=1S/C24H23N3O4/c1-17-4-6-18(7-5-17)8-11-23(28)31-26-20(15-27-13-12-25-16-27)19-9-10-21-22(14-19)30-24(2,3)29-21/h4-14,16H,15H2,1-3H3/b11-8+,26-20+. The van der Waals surface area contributed by atoms with E-state index in [1.165, 1.54) is 6.08 Å². The number of imidazole rings is 1. The van der Waals surface area contributed by atoms with Crippen molar-refractivity contribution >= 4 is 17.8 Å². The molecule has 0 bridgehead atoms. The van der Waals surface area contributed by atoms with Gasteiger partial charge in [0.1, 0.15) is 5.71 Å². The van der Waals surface area contributed by atoms with Gasteiger partial charge < -0.3 is 18.9 Å². The van der Waals surface area contributed by atoms with Gasteiger partial charge in [0.05, 0.1) is 12.9 Å². The summed E-state index contributed by atoms with van der Waals surface area (Å²) in [4.78, 5) is 21.4. The lowest BCUT2D eigenvalue weighted by molar-refractivity contribution is -0.137. The zero-order chi connectivity index (χ0) is 21.8. The van der Waals surface area contributed by atoms with E-state index >= 15 is 0 Å². The van der Waals surface area contributed by atoms with Crippen LogP contribution in [0.25, 0.3) is 6.08 Å². The number of carbonyl (C=O) groups excluding carboxylic acids is 1. The van der Waals surface area contributed by atoms with Crippen LogP contribution in [0.2, 0.25) is 0 Å². The fourth-order valence-electron chi connectivity index (χ4n) is 3.10. The summed E-state index contributed by atoms with van der Waals surface area (Å²) in [5.41, 5.74) is 3.36. The molecule has 0 aliphatic carbocycles. The molecule has 0 atom stereocenters. The Morgan fingerprint density at radius 3 is 2.68 bits per heavy atom. The van der Waals surface area contributed by atoms with E-state index in [1.54, 1.807) is 18.6 Å². The van der Waals surface area contributed by atoms with E-state index in [4.69, 9.17) is 14.3 Å². The van der Waals surface area contributed by atoms with E-state index in [0.717, 1.165) is 16.7 Å². The third-order valence-corrected chi connectivity index (χ3v) is 4.61. The number of nitrogens with zero attached hydrogens (tertiary/aromatic N) is 3. The Balaban J connectivity index is 1.53. The highest BCUT2D eigenvalue weighted by Gasteiger charge is 2.32. The van der Waals surface area contributed by atoms with Gasteiger partial charge in [0.25, 0.3) is 0 Å². The fraction of sp³-hybridized carbons (Fsp3) is 0.208. The average molecular weight is 417 g/mol. The van der Waals surface area contributed by atoms with Crippen molar-refractivity contribution in [2.45, 2.75) is 33.1 Å². The van der Waals surface area contributed by atoms with Crippen molar-refractivity contribution < 1.29 is 19.1 Å². The molecule has 0 spiro atoms. The predicted molar refractivity (Wildman–Crippen MR) is 117 cm³/mol. The Labute approximate surface area is 180 Å². The number of ether oxygens (including phenoxy) is 2. The van der Waals surface area contributed by atoms with Crippen molar-refractivity contribution in [3.8, 4) is 11.5 Å². The molecule has 2 heterocycles. The van der Waals surface area contributed by atoms with Crippen molar-refractivity contribution in [2.75, 3.05) is 0 Å². The summed E-state index contributed by atoms with van der Waals surface area (Å²) in [6.45, 7) is 6.07. The number of hydrogen-bond acceptors (Lipinski definition) is 6. The quantitative estimate of drug-likeness (QED) is 0.258. The summed E-state index contributed by atoms with van der Waals surface area (Å²) in [5.74, 6) is -0.0127. The smallest absolute Gasteiger partial charge is 0.358 e. The first-order valence-electron chi connectivity index (χ1n) is 9.89. The molecule has 1 aliphatic heterocycles. The first-order chi connectivity index (χ1) is 14.9. The molecule has 0 N–H and O–H groups in total. The minimum absolute atomic E-state index is 0.373. The molecule has 31 heavy (non-hydrogen) atoms. The van der Waals surface area contributed by atoms with Gasteiger partial charge in [-0.05, 0) is 36.8 Å². The molecule has 4 rings (SSSR count). The normalized spacial score (nSPS) is 14.7. The van der Waals surface area contributed by atoms with Crippen LogP contribution in [-0.2, 0) is 16.2 Å². The van der Waals surface area contributed by atoms with Gasteiger partial charge in [0.15, 0.2) is 11.5 Å². The fourth-order valence-corrected chi connectivity index (χ4v) is 3.10. The minimum atomic E-state index is -0.726. The molecular weight excluding hydrogens is 394 g/mol. The van der Waals surface area contributed by atoms with E-state index in [2.05, 4.69) is 10.1 Å². The maximum absolute atomic E-state index is 12.2. The van der Waals surface area contributed by atoms with E-state index in [9.17, 15) is 4.79 Å². The lowest BCUT2D eigenvalue weighted by Crippen LogP contribution is -2.29. The largest absolute Gasteiger partial charge is 0.449 e. The van der Waals surface area contributed by atoms with Gasteiger partial charge in [0, 0.05) is 37.9 Å². The summed E-state index contributed by atoms with van der Waals surface area (Å²) < 4.78 is 13.4. The van der Waals surface area contributed by atoms with Crippen molar-refractivity contribution in [3.63, 3.8) is 0 Å². The van der Waals surface area contributed by atoms with Crippen LogP contribution in [0.1, 0.15) is 30.5 Å². The van der Waals surface area contributed by atoms with E-state index in [0.29, 0.717) is 23.8 Å². The van der Waals surface area contributed by atoms with Crippen LogP contribution in [-0.4, -0.2) is 27.0 Å². The number of benzene rings is 2.